The van der Waals surface area contributed by atoms with Crippen molar-refractivity contribution in [2.45, 2.75) is 111 Å². The summed E-state index contributed by atoms with van der Waals surface area (Å²) in [6, 6.07) is 0.195. The summed E-state index contributed by atoms with van der Waals surface area (Å²) in [6.07, 6.45) is 10.0. The number of carbonyl (C=O) groups excluding carboxylic acids is 2. The molecule has 0 spiro atoms. The molecule has 2 N–H and O–H groups in total. The van der Waals surface area contributed by atoms with E-state index < -0.39 is 6.10 Å². The van der Waals surface area contributed by atoms with Gasteiger partial charge < -0.3 is 10.4 Å². The van der Waals surface area contributed by atoms with Crippen molar-refractivity contribution in [3.05, 3.63) is 0 Å². The molecule has 4 nitrogen and oxygen atoms in total. The molecule has 0 bridgehead atoms. The third-order valence-electron chi connectivity index (χ3n) is 10.5. The van der Waals surface area contributed by atoms with Gasteiger partial charge in [-0.3, -0.25) is 9.59 Å². The van der Waals surface area contributed by atoms with E-state index in [1.54, 1.807) is 0 Å². The van der Waals surface area contributed by atoms with Crippen LogP contribution in [0.1, 0.15) is 98.8 Å². The Balaban J connectivity index is 1.51. The van der Waals surface area contributed by atoms with Gasteiger partial charge in [0, 0.05) is 18.4 Å². The Morgan fingerprint density at radius 3 is 2.42 bits per heavy atom. The minimum Gasteiger partial charge on any atom is -0.385 e. The van der Waals surface area contributed by atoms with Crippen LogP contribution in [0.4, 0.5) is 0 Å². The summed E-state index contributed by atoms with van der Waals surface area (Å²) >= 11 is 0. The summed E-state index contributed by atoms with van der Waals surface area (Å²) in [4.78, 5) is 25.7. The Labute approximate surface area is 189 Å². The largest absolute Gasteiger partial charge is 0.385 e. The highest BCUT2D eigenvalue weighted by atomic mass is 16.3. The fourth-order valence-electron chi connectivity index (χ4n) is 8.97. The Morgan fingerprint density at radius 1 is 1.00 bits per heavy atom. The van der Waals surface area contributed by atoms with Crippen molar-refractivity contribution >= 4 is 11.7 Å². The predicted octanol–water partition coefficient (Wildman–Crippen LogP) is 5.13. The predicted molar refractivity (Wildman–Crippen MR) is 123 cm³/mol. The summed E-state index contributed by atoms with van der Waals surface area (Å²) in [5.74, 6) is 2.49. The lowest BCUT2D eigenvalue weighted by atomic mass is 9.43. The Hall–Kier alpha value is -0.900. The van der Waals surface area contributed by atoms with Crippen LogP contribution in [0.3, 0.4) is 0 Å². The van der Waals surface area contributed by atoms with E-state index in [4.69, 9.17) is 0 Å². The lowest BCUT2D eigenvalue weighted by Crippen LogP contribution is -2.61. The lowest BCUT2D eigenvalue weighted by Gasteiger charge is -2.61. The Morgan fingerprint density at radius 2 is 1.71 bits per heavy atom. The fraction of sp³-hybridized carbons (Fsp3) is 0.926. The van der Waals surface area contributed by atoms with E-state index >= 15 is 0 Å². The number of hydrogen-bond donors (Lipinski definition) is 2. The molecule has 176 valence electrons. The van der Waals surface area contributed by atoms with Crippen LogP contribution in [-0.4, -0.2) is 28.9 Å². The fourth-order valence-corrected chi connectivity index (χ4v) is 8.97. The van der Waals surface area contributed by atoms with E-state index in [1.807, 2.05) is 13.8 Å². The summed E-state index contributed by atoms with van der Waals surface area (Å²) in [6.45, 7) is 11.2. The number of aliphatic hydroxyl groups is 1. The molecule has 0 aromatic carbocycles. The highest BCUT2D eigenvalue weighted by Gasteiger charge is 2.64. The van der Waals surface area contributed by atoms with Crippen LogP contribution in [0.2, 0.25) is 0 Å². The van der Waals surface area contributed by atoms with Crippen molar-refractivity contribution in [1.82, 2.24) is 5.32 Å². The summed E-state index contributed by atoms with van der Waals surface area (Å²) < 4.78 is 0. The zero-order valence-corrected chi connectivity index (χ0v) is 20.5. The summed E-state index contributed by atoms with van der Waals surface area (Å²) in [5.41, 5.74) is 0.304. The van der Waals surface area contributed by atoms with E-state index in [-0.39, 0.29) is 40.4 Å². The average molecular weight is 432 g/mol. The first-order valence-corrected chi connectivity index (χ1v) is 13.1. The Kier molecular flexibility index (Phi) is 6.35. The highest BCUT2D eigenvalue weighted by molar-refractivity contribution is 5.87. The highest BCUT2D eigenvalue weighted by Crippen LogP contribution is 2.67. The second-order valence-electron chi connectivity index (χ2n) is 12.4. The summed E-state index contributed by atoms with van der Waals surface area (Å²) in [7, 11) is 0. The third kappa shape index (κ3) is 3.79. The second kappa shape index (κ2) is 8.47. The quantitative estimate of drug-likeness (QED) is 0.634. The van der Waals surface area contributed by atoms with Crippen molar-refractivity contribution in [3.63, 3.8) is 0 Å². The molecule has 0 heterocycles. The Bertz CT molecular complexity index is 705. The van der Waals surface area contributed by atoms with Gasteiger partial charge in [0.1, 0.15) is 6.10 Å². The molecule has 0 aromatic rings. The number of fused-ring (bicyclic) bond motifs is 5. The maximum Gasteiger partial charge on any atom is 0.220 e. The van der Waals surface area contributed by atoms with Gasteiger partial charge in [0.2, 0.25) is 5.91 Å². The van der Waals surface area contributed by atoms with E-state index in [0.717, 1.165) is 32.1 Å². The standard InChI is InChI=1S/C27H45NO3/c1-16(2)28-22(29)12-9-17(3)18-10-11-19-23-20(13-15-27(18,19)5)26(4)14-7-6-8-21(26)24(30)25(23)31/h16-21,23-24,30H,6-15H2,1-5H3,(H,28,29)/t17-,18-,19+,20+,21+,23+,24-,26-,27-/m0/s1. The van der Waals surface area contributed by atoms with E-state index in [0.29, 0.717) is 30.1 Å². The molecule has 0 radical (unpaired) electrons. The van der Waals surface area contributed by atoms with Crippen molar-refractivity contribution in [3.8, 4) is 0 Å². The van der Waals surface area contributed by atoms with Gasteiger partial charge in [-0.1, -0.05) is 33.6 Å². The van der Waals surface area contributed by atoms with Gasteiger partial charge in [0.05, 0.1) is 0 Å². The van der Waals surface area contributed by atoms with Crippen LogP contribution in [0, 0.1) is 46.3 Å². The molecule has 9 atom stereocenters. The van der Waals surface area contributed by atoms with E-state index in [2.05, 4.69) is 26.1 Å². The smallest absolute Gasteiger partial charge is 0.220 e. The topological polar surface area (TPSA) is 66.4 Å². The van der Waals surface area contributed by atoms with Crippen LogP contribution in [0.15, 0.2) is 0 Å². The number of ketones is 1. The molecule has 0 aromatic heterocycles. The van der Waals surface area contributed by atoms with E-state index in [1.165, 1.54) is 25.7 Å². The van der Waals surface area contributed by atoms with Crippen LogP contribution in [0.5, 0.6) is 0 Å². The molecule has 4 aliphatic carbocycles. The molecule has 31 heavy (non-hydrogen) atoms. The SMILES string of the molecule is CC(C)NC(=O)CC[C@H](C)[C@@H]1CC[C@@H]2[C@H]3C(=O)[C@@H](O)[C@H]4CCCC[C@@]4(C)[C@@H]3CC[C@]21C. The normalized spacial score (nSPS) is 45.6. The van der Waals surface area contributed by atoms with Gasteiger partial charge in [0.25, 0.3) is 0 Å². The third-order valence-corrected chi connectivity index (χ3v) is 10.5. The van der Waals surface area contributed by atoms with Crippen LogP contribution >= 0.6 is 0 Å². The first-order chi connectivity index (χ1) is 14.6. The molecule has 0 aliphatic heterocycles. The van der Waals surface area contributed by atoms with Crippen molar-refractivity contribution < 1.29 is 14.7 Å². The monoisotopic (exact) mass is 431 g/mol. The molecular weight excluding hydrogens is 386 g/mol. The zero-order valence-electron chi connectivity index (χ0n) is 20.5. The number of aliphatic hydroxyl groups excluding tert-OH is 1. The van der Waals surface area contributed by atoms with Crippen molar-refractivity contribution in [1.29, 1.82) is 0 Å². The van der Waals surface area contributed by atoms with Crippen LogP contribution in [0.25, 0.3) is 0 Å². The average Bonchev–Trinajstić information content (AvgIpc) is 3.06. The van der Waals surface area contributed by atoms with Crippen LogP contribution in [-0.2, 0) is 9.59 Å². The van der Waals surface area contributed by atoms with E-state index in [9.17, 15) is 14.7 Å². The molecule has 4 saturated carbocycles. The van der Waals surface area contributed by atoms with Gasteiger partial charge in [-0.05, 0) is 99.2 Å². The maximum atomic E-state index is 13.5. The number of amides is 1. The number of hydrogen-bond acceptors (Lipinski definition) is 3. The maximum absolute atomic E-state index is 13.5. The minimum absolute atomic E-state index is 0.0505. The lowest BCUT2D eigenvalue weighted by molar-refractivity contribution is -0.178. The van der Waals surface area contributed by atoms with Gasteiger partial charge >= 0.3 is 0 Å². The van der Waals surface area contributed by atoms with Crippen LogP contribution < -0.4 is 5.32 Å². The van der Waals surface area contributed by atoms with Crippen molar-refractivity contribution in [2.75, 3.05) is 0 Å². The molecule has 1 amide bonds. The molecule has 4 aliphatic rings. The molecule has 4 heteroatoms. The number of Topliss-reactive ketones (excluding diaryl/α,β-unsaturated/α-hetero) is 1. The number of nitrogens with one attached hydrogen (secondary N) is 1. The van der Waals surface area contributed by atoms with Gasteiger partial charge in [-0.15, -0.1) is 0 Å². The first-order valence-electron chi connectivity index (χ1n) is 13.1. The number of carbonyl (C=O) groups is 2. The minimum atomic E-state index is -0.745. The zero-order chi connectivity index (χ0) is 22.6. The summed E-state index contributed by atoms with van der Waals surface area (Å²) in [5, 5.41) is 14.1. The molecule has 4 rings (SSSR count). The molecule has 0 saturated heterocycles. The van der Waals surface area contributed by atoms with Crippen molar-refractivity contribution in [2.24, 2.45) is 46.3 Å². The second-order valence-corrected chi connectivity index (χ2v) is 12.4. The van der Waals surface area contributed by atoms with Gasteiger partial charge in [0.15, 0.2) is 5.78 Å². The van der Waals surface area contributed by atoms with Gasteiger partial charge in [-0.25, -0.2) is 0 Å². The molecular formula is C27H45NO3. The number of rotatable bonds is 5. The van der Waals surface area contributed by atoms with Gasteiger partial charge in [-0.2, -0.15) is 0 Å². The molecule has 0 unspecified atom stereocenters. The molecule has 4 fully saturated rings. The first kappa shape index (κ1) is 23.3.